The van der Waals surface area contributed by atoms with Gasteiger partial charge in [-0.15, -0.1) is 0 Å². The van der Waals surface area contributed by atoms with Crippen LogP contribution in [0, 0.1) is 0 Å². The molecule has 0 bridgehead atoms. The third kappa shape index (κ3) is 5.85. The summed E-state index contributed by atoms with van der Waals surface area (Å²) >= 11 is 0. The molecule has 0 saturated carbocycles. The van der Waals surface area contributed by atoms with Crippen LogP contribution in [0.1, 0.15) is 24.2 Å². The topological polar surface area (TPSA) is 90.5 Å². The molecule has 2 aromatic carbocycles. The van der Waals surface area contributed by atoms with E-state index in [1.54, 1.807) is 14.2 Å². The number of rotatable bonds is 7. The van der Waals surface area contributed by atoms with Gasteiger partial charge in [-0.2, -0.15) is 5.10 Å². The molecule has 168 valence electrons. The molecule has 1 aliphatic rings. The Hall–Kier alpha value is -3.39. The Balaban J connectivity index is 1.23. The molecule has 3 N–H and O–H groups in total. The van der Waals surface area contributed by atoms with E-state index in [4.69, 9.17) is 4.74 Å². The van der Waals surface area contributed by atoms with Crippen molar-refractivity contribution in [3.8, 4) is 17.1 Å². The van der Waals surface area contributed by atoms with Crippen LogP contribution in [0.4, 0.5) is 0 Å². The molecule has 4 rings (SSSR count). The van der Waals surface area contributed by atoms with Crippen molar-refractivity contribution in [3.05, 3.63) is 66.0 Å². The quantitative estimate of drug-likeness (QED) is 0.392. The number of hydrogen-bond donors (Lipinski definition) is 3. The zero-order valence-corrected chi connectivity index (χ0v) is 18.7. The van der Waals surface area contributed by atoms with Crippen molar-refractivity contribution >= 4 is 5.96 Å². The fourth-order valence-electron chi connectivity index (χ4n) is 3.88. The molecule has 1 fully saturated rings. The van der Waals surface area contributed by atoms with Gasteiger partial charge < -0.3 is 15.4 Å². The van der Waals surface area contributed by atoms with E-state index >= 15 is 0 Å². The van der Waals surface area contributed by atoms with Crippen molar-refractivity contribution in [1.82, 2.24) is 30.7 Å². The summed E-state index contributed by atoms with van der Waals surface area (Å²) in [6.45, 7) is 3.70. The Kier molecular flexibility index (Phi) is 7.34. The van der Waals surface area contributed by atoms with Gasteiger partial charge in [0.2, 0.25) is 0 Å². The molecule has 2 heterocycles. The Morgan fingerprint density at radius 2 is 1.88 bits per heavy atom. The molecule has 0 aliphatic carbocycles. The summed E-state index contributed by atoms with van der Waals surface area (Å²) in [6.07, 6.45) is 2.19. The lowest BCUT2D eigenvalue weighted by Gasteiger charge is -2.33. The molecule has 32 heavy (non-hydrogen) atoms. The molecule has 0 spiro atoms. The summed E-state index contributed by atoms with van der Waals surface area (Å²) in [5.74, 6) is 3.02. The number of ether oxygens (including phenoxy) is 1. The second kappa shape index (κ2) is 10.8. The van der Waals surface area contributed by atoms with Crippen molar-refractivity contribution < 1.29 is 4.74 Å². The van der Waals surface area contributed by atoms with E-state index in [2.05, 4.69) is 66.0 Å². The lowest BCUT2D eigenvalue weighted by atomic mass is 10.0. The highest BCUT2D eigenvalue weighted by atomic mass is 16.5. The molecule has 0 atom stereocenters. The van der Waals surface area contributed by atoms with Crippen LogP contribution in [0.25, 0.3) is 11.4 Å². The van der Waals surface area contributed by atoms with Gasteiger partial charge in [-0.25, -0.2) is 4.98 Å². The zero-order valence-electron chi connectivity index (χ0n) is 18.7. The van der Waals surface area contributed by atoms with Crippen LogP contribution in [-0.2, 0) is 13.1 Å². The Bertz CT molecular complexity index is 993. The number of aromatic nitrogens is 3. The van der Waals surface area contributed by atoms with E-state index in [1.165, 1.54) is 5.56 Å². The fourth-order valence-corrected chi connectivity index (χ4v) is 3.88. The van der Waals surface area contributed by atoms with Gasteiger partial charge in [-0.3, -0.25) is 15.0 Å². The Morgan fingerprint density at radius 3 is 2.56 bits per heavy atom. The first kappa shape index (κ1) is 21.8. The number of likely N-dealkylation sites (tertiary alicyclic amines) is 1. The number of aromatic amines is 1. The number of piperidine rings is 1. The highest BCUT2D eigenvalue weighted by Crippen LogP contribution is 2.19. The first-order valence-corrected chi connectivity index (χ1v) is 11.0. The van der Waals surface area contributed by atoms with Gasteiger partial charge in [0, 0.05) is 38.3 Å². The maximum Gasteiger partial charge on any atom is 0.191 e. The summed E-state index contributed by atoms with van der Waals surface area (Å²) in [5, 5.41) is 14.2. The van der Waals surface area contributed by atoms with Crippen LogP contribution in [0.15, 0.2) is 59.6 Å². The third-order valence-electron chi connectivity index (χ3n) is 5.70. The molecule has 8 nitrogen and oxygen atoms in total. The largest absolute Gasteiger partial charge is 0.497 e. The predicted molar refractivity (Wildman–Crippen MR) is 126 cm³/mol. The maximum absolute atomic E-state index is 5.20. The number of hydrogen-bond acceptors (Lipinski definition) is 5. The lowest BCUT2D eigenvalue weighted by molar-refractivity contribution is 0.198. The molecular formula is C24H31N7O. The van der Waals surface area contributed by atoms with Crippen LogP contribution in [0.5, 0.6) is 5.75 Å². The molecule has 1 saturated heterocycles. The van der Waals surface area contributed by atoms with E-state index in [9.17, 15) is 0 Å². The molecule has 3 aromatic rings. The Morgan fingerprint density at radius 1 is 1.12 bits per heavy atom. The van der Waals surface area contributed by atoms with Crippen molar-refractivity contribution in [1.29, 1.82) is 0 Å². The van der Waals surface area contributed by atoms with Gasteiger partial charge >= 0.3 is 0 Å². The van der Waals surface area contributed by atoms with E-state index in [0.717, 1.165) is 55.6 Å². The number of nitrogens with zero attached hydrogens (tertiary/aromatic N) is 4. The number of benzene rings is 2. The van der Waals surface area contributed by atoms with Gasteiger partial charge in [-0.1, -0.05) is 30.3 Å². The summed E-state index contributed by atoms with van der Waals surface area (Å²) < 4.78 is 5.20. The predicted octanol–water partition coefficient (Wildman–Crippen LogP) is 2.81. The minimum atomic E-state index is 0.415. The molecule has 0 unspecified atom stereocenters. The minimum Gasteiger partial charge on any atom is -0.497 e. The normalized spacial score (nSPS) is 15.5. The molecule has 1 aromatic heterocycles. The van der Waals surface area contributed by atoms with Gasteiger partial charge in [0.25, 0.3) is 0 Å². The molecular weight excluding hydrogens is 402 g/mol. The average molecular weight is 434 g/mol. The second-order valence-corrected chi connectivity index (χ2v) is 7.94. The van der Waals surface area contributed by atoms with Crippen molar-refractivity contribution in [2.45, 2.75) is 32.0 Å². The van der Waals surface area contributed by atoms with E-state index in [1.807, 2.05) is 24.3 Å². The highest BCUT2D eigenvalue weighted by Gasteiger charge is 2.20. The first-order chi connectivity index (χ1) is 15.7. The van der Waals surface area contributed by atoms with Crippen molar-refractivity contribution in [2.24, 2.45) is 4.99 Å². The number of methoxy groups -OCH3 is 1. The monoisotopic (exact) mass is 433 g/mol. The van der Waals surface area contributed by atoms with Gasteiger partial charge in [0.1, 0.15) is 11.6 Å². The van der Waals surface area contributed by atoms with E-state index < -0.39 is 0 Å². The lowest BCUT2D eigenvalue weighted by Crippen LogP contribution is -2.48. The van der Waals surface area contributed by atoms with Crippen LogP contribution in [-0.4, -0.2) is 59.3 Å². The summed E-state index contributed by atoms with van der Waals surface area (Å²) in [5.41, 5.74) is 2.32. The maximum atomic E-state index is 5.20. The van der Waals surface area contributed by atoms with Crippen molar-refractivity contribution in [2.75, 3.05) is 27.2 Å². The number of H-pyrrole nitrogens is 1. The third-order valence-corrected chi connectivity index (χ3v) is 5.70. The fraction of sp³-hybridized carbons (Fsp3) is 0.375. The summed E-state index contributed by atoms with van der Waals surface area (Å²) in [7, 11) is 3.45. The second-order valence-electron chi connectivity index (χ2n) is 7.94. The zero-order chi connectivity index (χ0) is 22.2. The van der Waals surface area contributed by atoms with Crippen LogP contribution >= 0.6 is 0 Å². The minimum absolute atomic E-state index is 0.415. The van der Waals surface area contributed by atoms with Crippen LogP contribution in [0.2, 0.25) is 0 Å². The number of guanidine groups is 1. The Labute approximate surface area is 189 Å². The molecule has 0 amide bonds. The molecule has 1 aliphatic heterocycles. The molecule has 0 radical (unpaired) electrons. The van der Waals surface area contributed by atoms with Gasteiger partial charge in [0.15, 0.2) is 11.8 Å². The highest BCUT2D eigenvalue weighted by molar-refractivity contribution is 5.79. The smallest absolute Gasteiger partial charge is 0.191 e. The van der Waals surface area contributed by atoms with Crippen molar-refractivity contribution in [3.63, 3.8) is 0 Å². The SMILES string of the molecule is CN=C(NCc1nc(-c2ccc(OC)cc2)n[nH]1)NC1CCN(Cc2ccccc2)CC1. The van der Waals surface area contributed by atoms with Gasteiger partial charge in [0.05, 0.1) is 13.7 Å². The number of nitrogens with one attached hydrogen (secondary N) is 3. The summed E-state index contributed by atoms with van der Waals surface area (Å²) in [6, 6.07) is 18.8. The first-order valence-electron chi connectivity index (χ1n) is 11.0. The standard InChI is InChI=1S/C24H31N7O/c1-25-24(27-20-12-14-31(15-13-20)17-18-6-4-3-5-7-18)26-16-22-28-23(30-29-22)19-8-10-21(32-2)11-9-19/h3-11,20H,12-17H2,1-2H3,(H2,25,26,27)(H,28,29,30). The van der Waals surface area contributed by atoms with Gasteiger partial charge in [-0.05, 0) is 42.7 Å². The van der Waals surface area contributed by atoms with Crippen LogP contribution < -0.4 is 15.4 Å². The average Bonchev–Trinajstić information content (AvgIpc) is 3.32. The summed E-state index contributed by atoms with van der Waals surface area (Å²) in [4.78, 5) is 11.5. The van der Waals surface area contributed by atoms with E-state index in [-0.39, 0.29) is 0 Å². The van der Waals surface area contributed by atoms with E-state index in [0.29, 0.717) is 18.4 Å². The molecule has 8 heteroatoms. The van der Waals surface area contributed by atoms with Crippen LogP contribution in [0.3, 0.4) is 0 Å². The number of aliphatic imine (C=N–C) groups is 1.